The Balaban J connectivity index is 1.77. The summed E-state index contributed by atoms with van der Waals surface area (Å²) in [7, 11) is -3.43. The van der Waals surface area contributed by atoms with E-state index < -0.39 is 15.6 Å². The molecule has 4 nitrogen and oxygen atoms in total. The smallest absolute Gasteiger partial charge is 0.243 e. The van der Waals surface area contributed by atoms with Crippen molar-refractivity contribution in [2.24, 2.45) is 5.73 Å². The minimum Gasteiger partial charge on any atom is -0.321 e. The molecule has 2 N–H and O–H groups in total. The maximum atomic E-state index is 12.7. The van der Waals surface area contributed by atoms with E-state index in [-0.39, 0.29) is 0 Å². The third kappa shape index (κ3) is 3.17. The Morgan fingerprint density at radius 2 is 1.52 bits per heavy atom. The molecule has 1 fully saturated rings. The van der Waals surface area contributed by atoms with Crippen LogP contribution in [0.2, 0.25) is 0 Å². The SMILES string of the molecule is Cc1ccc(S(=O)(=O)N2CCC(N)(c3ccccc3)CC2)cc1. The summed E-state index contributed by atoms with van der Waals surface area (Å²) in [4.78, 5) is 0.354. The molecule has 122 valence electrons. The largest absolute Gasteiger partial charge is 0.321 e. The fraction of sp³-hybridized carbons (Fsp3) is 0.333. The summed E-state index contributed by atoms with van der Waals surface area (Å²) in [5.41, 5.74) is 8.20. The summed E-state index contributed by atoms with van der Waals surface area (Å²) in [6.07, 6.45) is 1.25. The highest BCUT2D eigenvalue weighted by atomic mass is 32.2. The van der Waals surface area contributed by atoms with E-state index in [4.69, 9.17) is 5.73 Å². The molecular formula is C18H22N2O2S. The number of nitrogens with zero attached hydrogens (tertiary/aromatic N) is 1. The second-order valence-corrected chi connectivity index (χ2v) is 8.18. The molecule has 0 bridgehead atoms. The van der Waals surface area contributed by atoms with Crippen LogP contribution in [0.15, 0.2) is 59.5 Å². The molecule has 5 heteroatoms. The second-order valence-electron chi connectivity index (χ2n) is 6.24. The van der Waals surface area contributed by atoms with E-state index in [9.17, 15) is 8.42 Å². The number of rotatable bonds is 3. The first-order valence-electron chi connectivity index (χ1n) is 7.83. The van der Waals surface area contributed by atoms with Gasteiger partial charge in [-0.25, -0.2) is 8.42 Å². The molecule has 0 atom stereocenters. The van der Waals surface area contributed by atoms with Crippen LogP contribution in [0, 0.1) is 6.92 Å². The molecular weight excluding hydrogens is 308 g/mol. The van der Waals surface area contributed by atoms with Crippen LogP contribution in [0.3, 0.4) is 0 Å². The minimum atomic E-state index is -3.43. The Morgan fingerprint density at radius 3 is 2.09 bits per heavy atom. The predicted octanol–water partition coefficient (Wildman–Crippen LogP) is 2.63. The highest BCUT2D eigenvalue weighted by Gasteiger charge is 2.36. The van der Waals surface area contributed by atoms with Crippen molar-refractivity contribution in [2.75, 3.05) is 13.1 Å². The molecule has 0 radical (unpaired) electrons. The third-order valence-corrected chi connectivity index (χ3v) is 6.53. The highest BCUT2D eigenvalue weighted by molar-refractivity contribution is 7.89. The van der Waals surface area contributed by atoms with E-state index in [1.807, 2.05) is 49.4 Å². The third-order valence-electron chi connectivity index (χ3n) is 4.62. The van der Waals surface area contributed by atoms with E-state index >= 15 is 0 Å². The Morgan fingerprint density at radius 1 is 0.957 bits per heavy atom. The first kappa shape index (κ1) is 16.2. The predicted molar refractivity (Wildman–Crippen MR) is 91.5 cm³/mol. The Hall–Kier alpha value is -1.69. The van der Waals surface area contributed by atoms with Crippen LogP contribution in [0.5, 0.6) is 0 Å². The number of sulfonamides is 1. The summed E-state index contributed by atoms with van der Waals surface area (Å²) >= 11 is 0. The molecule has 23 heavy (non-hydrogen) atoms. The number of nitrogens with two attached hydrogens (primary N) is 1. The van der Waals surface area contributed by atoms with E-state index in [0.29, 0.717) is 30.8 Å². The van der Waals surface area contributed by atoms with Crippen LogP contribution in [-0.4, -0.2) is 25.8 Å². The van der Waals surface area contributed by atoms with Crippen molar-refractivity contribution < 1.29 is 8.42 Å². The van der Waals surface area contributed by atoms with Crippen LogP contribution in [0.4, 0.5) is 0 Å². The van der Waals surface area contributed by atoms with Crippen molar-refractivity contribution in [2.45, 2.75) is 30.2 Å². The molecule has 1 aliphatic heterocycles. The van der Waals surface area contributed by atoms with Crippen molar-refractivity contribution in [1.29, 1.82) is 0 Å². The van der Waals surface area contributed by atoms with Gasteiger partial charge in [-0.05, 0) is 37.5 Å². The van der Waals surface area contributed by atoms with Gasteiger partial charge in [0.2, 0.25) is 10.0 Å². The molecule has 1 aliphatic rings. The summed E-state index contributed by atoms with van der Waals surface area (Å²) in [5, 5.41) is 0. The van der Waals surface area contributed by atoms with Gasteiger partial charge in [0.05, 0.1) is 4.90 Å². The summed E-state index contributed by atoms with van der Waals surface area (Å²) in [6, 6.07) is 16.9. The van der Waals surface area contributed by atoms with Gasteiger partial charge in [0.15, 0.2) is 0 Å². The van der Waals surface area contributed by atoms with Crippen molar-refractivity contribution in [1.82, 2.24) is 4.31 Å². The highest BCUT2D eigenvalue weighted by Crippen LogP contribution is 2.32. The first-order chi connectivity index (χ1) is 10.9. The van der Waals surface area contributed by atoms with E-state index in [2.05, 4.69) is 0 Å². The number of hydrogen-bond acceptors (Lipinski definition) is 3. The van der Waals surface area contributed by atoms with Crippen LogP contribution in [0.1, 0.15) is 24.0 Å². The van der Waals surface area contributed by atoms with Gasteiger partial charge in [0, 0.05) is 18.6 Å². The van der Waals surface area contributed by atoms with Crippen molar-refractivity contribution >= 4 is 10.0 Å². The van der Waals surface area contributed by atoms with Gasteiger partial charge < -0.3 is 5.73 Å². The fourth-order valence-electron chi connectivity index (χ4n) is 3.04. The molecule has 2 aromatic rings. The van der Waals surface area contributed by atoms with Gasteiger partial charge in [-0.3, -0.25) is 0 Å². The van der Waals surface area contributed by atoms with Gasteiger partial charge in [-0.2, -0.15) is 4.31 Å². The Kier molecular flexibility index (Phi) is 4.27. The van der Waals surface area contributed by atoms with Gasteiger partial charge in [0.25, 0.3) is 0 Å². The summed E-state index contributed by atoms with van der Waals surface area (Å²) < 4.78 is 27.0. The van der Waals surface area contributed by atoms with Gasteiger partial charge in [-0.15, -0.1) is 0 Å². The second kappa shape index (κ2) is 6.07. The maximum Gasteiger partial charge on any atom is 0.243 e. The zero-order chi connectivity index (χ0) is 16.5. The quantitative estimate of drug-likeness (QED) is 0.941. The number of hydrogen-bond donors (Lipinski definition) is 1. The average Bonchev–Trinajstić information content (AvgIpc) is 2.56. The first-order valence-corrected chi connectivity index (χ1v) is 9.27. The van der Waals surface area contributed by atoms with Gasteiger partial charge >= 0.3 is 0 Å². The molecule has 2 aromatic carbocycles. The zero-order valence-corrected chi connectivity index (χ0v) is 14.1. The van der Waals surface area contributed by atoms with E-state index in [1.165, 1.54) is 0 Å². The topological polar surface area (TPSA) is 63.4 Å². The monoisotopic (exact) mass is 330 g/mol. The molecule has 1 heterocycles. The lowest BCUT2D eigenvalue weighted by molar-refractivity contribution is 0.238. The number of aryl methyl sites for hydroxylation is 1. The summed E-state index contributed by atoms with van der Waals surface area (Å²) in [6.45, 7) is 2.84. The average molecular weight is 330 g/mol. The molecule has 0 unspecified atom stereocenters. The molecule has 0 aromatic heterocycles. The molecule has 1 saturated heterocycles. The summed E-state index contributed by atoms with van der Waals surface area (Å²) in [5.74, 6) is 0. The molecule has 0 saturated carbocycles. The lowest BCUT2D eigenvalue weighted by Crippen LogP contribution is -2.49. The fourth-order valence-corrected chi connectivity index (χ4v) is 4.49. The molecule has 0 aliphatic carbocycles. The van der Waals surface area contributed by atoms with E-state index in [0.717, 1.165) is 11.1 Å². The molecule has 3 rings (SSSR count). The van der Waals surface area contributed by atoms with Crippen LogP contribution in [-0.2, 0) is 15.6 Å². The van der Waals surface area contributed by atoms with Crippen LogP contribution >= 0.6 is 0 Å². The molecule has 0 spiro atoms. The van der Waals surface area contributed by atoms with Crippen molar-refractivity contribution in [3.63, 3.8) is 0 Å². The van der Waals surface area contributed by atoms with Gasteiger partial charge in [-0.1, -0.05) is 48.0 Å². The zero-order valence-electron chi connectivity index (χ0n) is 13.3. The normalized spacial score (nSPS) is 18.7. The number of benzene rings is 2. The van der Waals surface area contributed by atoms with Crippen molar-refractivity contribution in [3.05, 3.63) is 65.7 Å². The molecule has 0 amide bonds. The standard InChI is InChI=1S/C18H22N2O2S/c1-15-7-9-17(10-8-15)23(21,22)20-13-11-18(19,12-14-20)16-5-3-2-4-6-16/h2-10H,11-14,19H2,1H3. The lowest BCUT2D eigenvalue weighted by atomic mass is 9.83. The van der Waals surface area contributed by atoms with Crippen LogP contribution < -0.4 is 5.73 Å². The Labute approximate surface area is 138 Å². The van der Waals surface area contributed by atoms with E-state index in [1.54, 1.807) is 16.4 Å². The minimum absolute atomic E-state index is 0.354. The maximum absolute atomic E-state index is 12.7. The van der Waals surface area contributed by atoms with Crippen molar-refractivity contribution in [3.8, 4) is 0 Å². The van der Waals surface area contributed by atoms with Gasteiger partial charge in [0.1, 0.15) is 0 Å². The van der Waals surface area contributed by atoms with Crippen LogP contribution in [0.25, 0.3) is 0 Å². The number of piperidine rings is 1. The Bertz CT molecular complexity index is 762. The lowest BCUT2D eigenvalue weighted by Gasteiger charge is -2.39.